The molecule has 0 amide bonds. The van der Waals surface area contributed by atoms with Crippen molar-refractivity contribution >= 4 is 29.6 Å². The molecular weight excluding hydrogens is 370 g/mol. The van der Waals surface area contributed by atoms with Crippen molar-refractivity contribution in [1.82, 2.24) is 4.98 Å². The van der Waals surface area contributed by atoms with Crippen molar-refractivity contribution in [3.05, 3.63) is 53.7 Å². The number of nitrogens with zero attached hydrogens (tertiary/aromatic N) is 3. The zero-order valence-corrected chi connectivity index (χ0v) is 17.0. The van der Waals surface area contributed by atoms with Gasteiger partial charge in [-0.2, -0.15) is 0 Å². The van der Waals surface area contributed by atoms with E-state index in [0.717, 1.165) is 12.0 Å². The molecule has 0 aliphatic rings. The van der Waals surface area contributed by atoms with Crippen LogP contribution in [0.2, 0.25) is 0 Å². The second-order valence-corrected chi connectivity index (χ2v) is 6.30. The molecule has 0 fully saturated rings. The number of pyridine rings is 1. The van der Waals surface area contributed by atoms with Gasteiger partial charge >= 0.3 is 5.97 Å². The Hall–Kier alpha value is -3.26. The van der Waals surface area contributed by atoms with Gasteiger partial charge in [0.2, 0.25) is 0 Å². The number of anilines is 2. The number of aliphatic imine (C=N–C) groups is 1. The largest absolute Gasteiger partial charge is 0.461 e. The number of carbonyl (C=O) groups excluding carboxylic acids is 1. The molecule has 1 aromatic heterocycles. The average Bonchev–Trinajstić information content (AvgIpc) is 2.72. The maximum atomic E-state index is 11.0. The molecular formula is C21H27N5O3. The summed E-state index contributed by atoms with van der Waals surface area (Å²) in [4.78, 5) is 21.4. The van der Waals surface area contributed by atoms with Gasteiger partial charge in [0.05, 0.1) is 11.9 Å². The standard InChI is InChI=1S/C21H27N5O3/c1-4-12-28-15(2)25-21(19-6-5-11-24-20(19)23)26(14-22)18-9-7-17(8-10-18)13-29-16(3)27/h5-11,14-15,22H,4,12-13H2,1-3H3,(H2,23,24). The van der Waals surface area contributed by atoms with Crippen molar-refractivity contribution in [1.29, 1.82) is 5.41 Å². The van der Waals surface area contributed by atoms with Crippen LogP contribution in [-0.4, -0.2) is 36.0 Å². The van der Waals surface area contributed by atoms with Crippen LogP contribution in [0, 0.1) is 5.41 Å². The number of rotatable bonds is 9. The van der Waals surface area contributed by atoms with E-state index >= 15 is 0 Å². The molecule has 1 aromatic carbocycles. The van der Waals surface area contributed by atoms with Gasteiger partial charge in [0, 0.05) is 25.4 Å². The van der Waals surface area contributed by atoms with Crippen molar-refractivity contribution in [2.24, 2.45) is 4.99 Å². The summed E-state index contributed by atoms with van der Waals surface area (Å²) in [7, 11) is 0. The molecule has 0 saturated heterocycles. The molecule has 0 bridgehead atoms. The van der Waals surface area contributed by atoms with Gasteiger partial charge in [-0.15, -0.1) is 0 Å². The highest BCUT2D eigenvalue weighted by Gasteiger charge is 2.18. The van der Waals surface area contributed by atoms with Crippen molar-refractivity contribution < 1.29 is 14.3 Å². The van der Waals surface area contributed by atoms with Gasteiger partial charge in [-0.1, -0.05) is 19.1 Å². The molecule has 2 rings (SSSR count). The first kappa shape index (κ1) is 22.0. The van der Waals surface area contributed by atoms with Gasteiger partial charge in [0.25, 0.3) is 0 Å². The number of esters is 1. The zero-order chi connectivity index (χ0) is 21.2. The van der Waals surface area contributed by atoms with E-state index in [1.165, 1.54) is 13.3 Å². The first-order valence-corrected chi connectivity index (χ1v) is 9.38. The first-order valence-electron chi connectivity index (χ1n) is 9.38. The first-order chi connectivity index (χ1) is 14.0. The van der Waals surface area contributed by atoms with Gasteiger partial charge in [-0.25, -0.2) is 9.98 Å². The van der Waals surface area contributed by atoms with E-state index in [2.05, 4.69) is 9.98 Å². The number of hydrogen-bond donors (Lipinski definition) is 2. The van der Waals surface area contributed by atoms with Gasteiger partial charge in [-0.05, 0) is 43.2 Å². The molecule has 154 valence electrons. The quantitative estimate of drug-likeness (QED) is 0.381. The smallest absolute Gasteiger partial charge is 0.302 e. The average molecular weight is 397 g/mol. The molecule has 1 atom stereocenters. The number of ether oxygens (including phenoxy) is 2. The Balaban J connectivity index is 2.39. The molecule has 0 aliphatic carbocycles. The maximum absolute atomic E-state index is 11.0. The van der Waals surface area contributed by atoms with Crippen LogP contribution >= 0.6 is 0 Å². The molecule has 1 unspecified atom stereocenters. The fraction of sp³-hybridized carbons (Fsp3) is 0.333. The van der Waals surface area contributed by atoms with Crippen LogP contribution in [0.1, 0.15) is 38.3 Å². The minimum absolute atomic E-state index is 0.193. The number of aromatic nitrogens is 1. The summed E-state index contributed by atoms with van der Waals surface area (Å²) in [5.41, 5.74) is 8.23. The van der Waals surface area contributed by atoms with Crippen molar-refractivity contribution in [2.75, 3.05) is 17.2 Å². The fourth-order valence-corrected chi connectivity index (χ4v) is 2.56. The molecule has 0 radical (unpaired) electrons. The Morgan fingerprint density at radius 2 is 2.07 bits per heavy atom. The monoisotopic (exact) mass is 397 g/mol. The predicted molar refractivity (Wildman–Crippen MR) is 114 cm³/mol. The van der Waals surface area contributed by atoms with E-state index in [1.54, 1.807) is 23.2 Å². The highest BCUT2D eigenvalue weighted by atomic mass is 16.5. The lowest BCUT2D eigenvalue weighted by atomic mass is 10.1. The Morgan fingerprint density at radius 3 is 2.66 bits per heavy atom. The van der Waals surface area contributed by atoms with E-state index < -0.39 is 6.23 Å². The summed E-state index contributed by atoms with van der Waals surface area (Å²) in [5.74, 6) is 0.437. The van der Waals surface area contributed by atoms with E-state index in [0.29, 0.717) is 29.5 Å². The van der Waals surface area contributed by atoms with Gasteiger partial charge in [-0.3, -0.25) is 15.1 Å². The Labute approximate surface area is 170 Å². The molecule has 0 aliphatic heterocycles. The number of amidine groups is 1. The van der Waals surface area contributed by atoms with Gasteiger partial charge < -0.3 is 15.2 Å². The Kier molecular flexibility index (Phi) is 8.29. The number of hydrogen-bond acceptors (Lipinski definition) is 7. The molecule has 8 heteroatoms. The number of carbonyl (C=O) groups is 1. The third-order valence-corrected chi connectivity index (χ3v) is 3.96. The minimum atomic E-state index is -0.421. The van der Waals surface area contributed by atoms with Crippen LogP contribution in [0.5, 0.6) is 0 Å². The molecule has 2 aromatic rings. The Morgan fingerprint density at radius 1 is 1.34 bits per heavy atom. The molecule has 0 spiro atoms. The van der Waals surface area contributed by atoms with Gasteiger partial charge in [0.1, 0.15) is 24.5 Å². The van der Waals surface area contributed by atoms with E-state index in [9.17, 15) is 4.79 Å². The normalized spacial score (nSPS) is 12.3. The van der Waals surface area contributed by atoms with Crippen molar-refractivity contribution in [2.45, 2.75) is 40.0 Å². The minimum Gasteiger partial charge on any atom is -0.461 e. The summed E-state index contributed by atoms with van der Waals surface area (Å²) < 4.78 is 10.7. The topological polar surface area (TPSA) is 114 Å². The van der Waals surface area contributed by atoms with E-state index in [4.69, 9.17) is 20.6 Å². The maximum Gasteiger partial charge on any atom is 0.302 e. The molecule has 1 heterocycles. The van der Waals surface area contributed by atoms with Crippen LogP contribution in [0.4, 0.5) is 11.5 Å². The number of nitrogen functional groups attached to an aromatic ring is 1. The lowest BCUT2D eigenvalue weighted by Crippen LogP contribution is -2.32. The highest BCUT2D eigenvalue weighted by Crippen LogP contribution is 2.21. The summed E-state index contributed by atoms with van der Waals surface area (Å²) in [5, 5.41) is 7.97. The van der Waals surface area contributed by atoms with Gasteiger partial charge in [0.15, 0.2) is 0 Å². The van der Waals surface area contributed by atoms with Crippen LogP contribution in [0.15, 0.2) is 47.6 Å². The van der Waals surface area contributed by atoms with E-state index in [1.807, 2.05) is 38.1 Å². The lowest BCUT2D eigenvalue weighted by molar-refractivity contribution is -0.142. The van der Waals surface area contributed by atoms with Crippen molar-refractivity contribution in [3.63, 3.8) is 0 Å². The number of nitrogens with one attached hydrogen (secondary N) is 1. The fourth-order valence-electron chi connectivity index (χ4n) is 2.56. The zero-order valence-electron chi connectivity index (χ0n) is 17.0. The summed E-state index contributed by atoms with van der Waals surface area (Å²) in [6.07, 6.45) is 3.22. The summed E-state index contributed by atoms with van der Waals surface area (Å²) in [6, 6.07) is 10.9. The molecule has 29 heavy (non-hydrogen) atoms. The SMILES string of the molecule is CCCOC(C)N=C(c1cccnc1N)N(C=N)c1ccc(COC(C)=O)cc1. The number of benzene rings is 1. The lowest BCUT2D eigenvalue weighted by Gasteiger charge is -2.24. The predicted octanol–water partition coefficient (Wildman–Crippen LogP) is 3.36. The summed E-state index contributed by atoms with van der Waals surface area (Å²) in [6.45, 7) is 6.01. The molecule has 0 saturated carbocycles. The van der Waals surface area contributed by atoms with Crippen LogP contribution in [0.25, 0.3) is 0 Å². The number of nitrogens with two attached hydrogens (primary N) is 1. The third-order valence-electron chi connectivity index (χ3n) is 3.96. The van der Waals surface area contributed by atoms with Crippen LogP contribution < -0.4 is 10.6 Å². The van der Waals surface area contributed by atoms with Crippen LogP contribution in [0.3, 0.4) is 0 Å². The Bertz CT molecular complexity index is 852. The second kappa shape index (κ2) is 10.9. The van der Waals surface area contributed by atoms with E-state index in [-0.39, 0.29) is 12.6 Å². The highest BCUT2D eigenvalue weighted by molar-refractivity contribution is 6.20. The second-order valence-electron chi connectivity index (χ2n) is 6.30. The van der Waals surface area contributed by atoms with Crippen LogP contribution in [-0.2, 0) is 20.9 Å². The molecule has 3 N–H and O–H groups in total. The molecule has 8 nitrogen and oxygen atoms in total. The van der Waals surface area contributed by atoms with Crippen molar-refractivity contribution in [3.8, 4) is 0 Å². The summed E-state index contributed by atoms with van der Waals surface area (Å²) >= 11 is 0. The third kappa shape index (κ3) is 6.39.